The predicted molar refractivity (Wildman–Crippen MR) is 117 cm³/mol. The first kappa shape index (κ1) is 19.1. The molecule has 0 radical (unpaired) electrons. The van der Waals surface area contributed by atoms with Crippen molar-refractivity contribution < 1.29 is 4.79 Å². The van der Waals surface area contributed by atoms with Gasteiger partial charge in [-0.3, -0.25) is 9.69 Å². The Labute approximate surface area is 170 Å². The molecule has 1 fully saturated rings. The van der Waals surface area contributed by atoms with Crippen molar-refractivity contribution in [2.45, 2.75) is 38.6 Å². The molecule has 4 nitrogen and oxygen atoms in total. The fourth-order valence-corrected chi connectivity index (χ4v) is 5.19. The van der Waals surface area contributed by atoms with Crippen molar-refractivity contribution in [3.05, 3.63) is 59.6 Å². The molecule has 0 unspecified atom stereocenters. The molecule has 1 aliphatic heterocycles. The number of nitrogens with zero attached hydrogens (tertiary/aromatic N) is 3. The van der Waals surface area contributed by atoms with E-state index in [0.29, 0.717) is 12.5 Å². The monoisotopic (exact) mass is 393 g/mol. The van der Waals surface area contributed by atoms with Crippen LogP contribution in [0.3, 0.4) is 0 Å². The molecule has 1 aromatic heterocycles. The third-order valence-electron chi connectivity index (χ3n) is 5.74. The molecule has 5 heteroatoms. The summed E-state index contributed by atoms with van der Waals surface area (Å²) in [5, 5.41) is 1.25. The van der Waals surface area contributed by atoms with Crippen molar-refractivity contribution in [3.8, 4) is 0 Å². The topological polar surface area (TPSA) is 36.4 Å². The molecule has 28 heavy (non-hydrogen) atoms. The van der Waals surface area contributed by atoms with Crippen LogP contribution < -0.4 is 4.90 Å². The van der Waals surface area contributed by atoms with E-state index in [9.17, 15) is 4.79 Å². The minimum Gasteiger partial charge on any atom is -0.311 e. The first-order chi connectivity index (χ1) is 13.7. The molecule has 0 spiro atoms. The van der Waals surface area contributed by atoms with Crippen LogP contribution in [0.1, 0.15) is 37.6 Å². The van der Waals surface area contributed by atoms with E-state index < -0.39 is 0 Å². The first-order valence-electron chi connectivity index (χ1n) is 10.1. The van der Waals surface area contributed by atoms with Crippen molar-refractivity contribution in [2.24, 2.45) is 0 Å². The van der Waals surface area contributed by atoms with E-state index in [0.717, 1.165) is 37.1 Å². The number of benzene rings is 2. The summed E-state index contributed by atoms with van der Waals surface area (Å²) in [5.41, 5.74) is 2.08. The van der Waals surface area contributed by atoms with Crippen molar-refractivity contribution in [1.82, 2.24) is 9.88 Å². The lowest BCUT2D eigenvalue weighted by Crippen LogP contribution is -2.49. The van der Waals surface area contributed by atoms with Gasteiger partial charge in [0.25, 0.3) is 0 Å². The summed E-state index contributed by atoms with van der Waals surface area (Å²) in [6.45, 7) is 6.66. The highest BCUT2D eigenvalue weighted by Crippen LogP contribution is 2.34. The summed E-state index contributed by atoms with van der Waals surface area (Å²) in [6, 6.07) is 18.2. The van der Waals surface area contributed by atoms with Crippen LogP contribution in [0.4, 0.5) is 5.69 Å². The van der Waals surface area contributed by atoms with Gasteiger partial charge in [-0.1, -0.05) is 30.3 Å². The fraction of sp³-hybridized carbons (Fsp3) is 0.391. The zero-order chi connectivity index (χ0) is 19.5. The number of amides is 1. The number of anilines is 1. The number of rotatable bonds is 5. The number of carbonyl (C=O) groups is 1. The van der Waals surface area contributed by atoms with Crippen molar-refractivity contribution in [2.75, 3.05) is 24.5 Å². The minimum absolute atomic E-state index is 0.100. The lowest BCUT2D eigenvalue weighted by Gasteiger charge is -2.36. The predicted octanol–water partition coefficient (Wildman–Crippen LogP) is 4.92. The normalized spacial score (nSPS) is 16.9. The Morgan fingerprint density at radius 2 is 1.82 bits per heavy atom. The third kappa shape index (κ3) is 3.82. The Morgan fingerprint density at radius 3 is 2.50 bits per heavy atom. The van der Waals surface area contributed by atoms with E-state index in [-0.39, 0.29) is 11.9 Å². The van der Waals surface area contributed by atoms with Crippen LogP contribution in [0.5, 0.6) is 0 Å². The molecular weight excluding hydrogens is 366 g/mol. The van der Waals surface area contributed by atoms with Gasteiger partial charge in [0.2, 0.25) is 5.91 Å². The van der Waals surface area contributed by atoms with E-state index in [2.05, 4.69) is 23.1 Å². The van der Waals surface area contributed by atoms with E-state index in [1.165, 1.54) is 9.71 Å². The summed E-state index contributed by atoms with van der Waals surface area (Å²) in [7, 11) is 0. The number of fused-ring (bicyclic) bond motifs is 1. The van der Waals surface area contributed by atoms with Gasteiger partial charge in [-0.15, -0.1) is 11.3 Å². The molecule has 3 aromatic rings. The van der Waals surface area contributed by atoms with Crippen LogP contribution >= 0.6 is 11.3 Å². The molecule has 1 atom stereocenters. The van der Waals surface area contributed by atoms with Gasteiger partial charge in [0, 0.05) is 18.2 Å². The Kier molecular flexibility index (Phi) is 5.74. The maximum absolute atomic E-state index is 13.1. The Hall–Kier alpha value is -2.24. The maximum Gasteiger partial charge on any atom is 0.244 e. The molecule has 1 saturated heterocycles. The van der Waals surface area contributed by atoms with E-state index in [1.54, 1.807) is 0 Å². The van der Waals surface area contributed by atoms with Crippen LogP contribution in [0.15, 0.2) is 54.6 Å². The van der Waals surface area contributed by atoms with E-state index in [1.807, 2.05) is 66.5 Å². The SMILES string of the molecule is CCN(C(=O)[C@@H](C)N1CCC(c2nc3ccccc3s2)CC1)c1ccccc1. The summed E-state index contributed by atoms with van der Waals surface area (Å²) >= 11 is 1.82. The maximum atomic E-state index is 13.1. The molecular formula is C23H27N3OS. The number of thiazole rings is 1. The molecule has 146 valence electrons. The number of carbonyl (C=O) groups excluding carboxylic acids is 1. The standard InChI is InChI=1S/C23H27N3OS/c1-3-26(19-9-5-4-6-10-19)23(27)17(2)25-15-13-18(14-16-25)22-24-20-11-7-8-12-21(20)28-22/h4-12,17-18H,3,13-16H2,1-2H3/t17-/m1/s1. The first-order valence-corrected chi connectivity index (χ1v) is 10.9. The van der Waals surface area contributed by atoms with Crippen molar-refractivity contribution >= 4 is 33.1 Å². The van der Waals surface area contributed by atoms with Gasteiger partial charge < -0.3 is 4.90 Å². The lowest BCUT2D eigenvalue weighted by molar-refractivity contribution is -0.123. The van der Waals surface area contributed by atoms with Crippen LogP contribution in [-0.4, -0.2) is 41.5 Å². The van der Waals surface area contributed by atoms with Crippen molar-refractivity contribution in [3.63, 3.8) is 0 Å². The molecule has 2 aromatic carbocycles. The van der Waals surface area contributed by atoms with Gasteiger partial charge in [-0.25, -0.2) is 4.98 Å². The largest absolute Gasteiger partial charge is 0.311 e. The van der Waals surface area contributed by atoms with Gasteiger partial charge in [0.05, 0.1) is 21.3 Å². The average Bonchev–Trinajstić information content (AvgIpc) is 3.19. The average molecular weight is 394 g/mol. The summed E-state index contributed by atoms with van der Waals surface area (Å²) in [4.78, 5) is 22.2. The van der Waals surface area contributed by atoms with Crippen molar-refractivity contribution in [1.29, 1.82) is 0 Å². The highest BCUT2D eigenvalue weighted by Gasteiger charge is 2.30. The summed E-state index contributed by atoms with van der Waals surface area (Å²) in [6.07, 6.45) is 2.13. The molecule has 0 aliphatic carbocycles. The van der Waals surface area contributed by atoms with Gasteiger partial charge in [0.15, 0.2) is 0 Å². The van der Waals surface area contributed by atoms with Crippen LogP contribution in [-0.2, 0) is 4.79 Å². The highest BCUT2D eigenvalue weighted by molar-refractivity contribution is 7.18. The molecule has 1 amide bonds. The number of para-hydroxylation sites is 2. The Bertz CT molecular complexity index is 898. The van der Waals surface area contributed by atoms with Crippen LogP contribution in [0.25, 0.3) is 10.2 Å². The molecule has 0 bridgehead atoms. The lowest BCUT2D eigenvalue weighted by atomic mass is 9.96. The Balaban J connectivity index is 1.40. The second-order valence-corrected chi connectivity index (χ2v) is 8.49. The second kappa shape index (κ2) is 8.41. The van der Waals surface area contributed by atoms with Gasteiger partial charge in [0.1, 0.15) is 0 Å². The molecule has 2 heterocycles. The molecule has 1 aliphatic rings. The molecule has 4 rings (SSSR count). The fourth-order valence-electron chi connectivity index (χ4n) is 4.05. The number of piperidine rings is 1. The molecule has 0 N–H and O–H groups in total. The summed E-state index contributed by atoms with van der Waals surface area (Å²) in [5.74, 6) is 0.694. The molecule has 0 saturated carbocycles. The second-order valence-electron chi connectivity index (χ2n) is 7.42. The Morgan fingerprint density at radius 1 is 1.14 bits per heavy atom. The summed E-state index contributed by atoms with van der Waals surface area (Å²) < 4.78 is 1.27. The number of likely N-dealkylation sites (N-methyl/N-ethyl adjacent to an activating group) is 1. The number of hydrogen-bond acceptors (Lipinski definition) is 4. The number of hydrogen-bond donors (Lipinski definition) is 0. The van der Waals surface area contributed by atoms with Gasteiger partial charge in [-0.2, -0.15) is 0 Å². The van der Waals surface area contributed by atoms with Gasteiger partial charge in [-0.05, 0) is 64.0 Å². The highest BCUT2D eigenvalue weighted by atomic mass is 32.1. The van der Waals surface area contributed by atoms with Crippen LogP contribution in [0, 0.1) is 0 Å². The minimum atomic E-state index is -0.100. The smallest absolute Gasteiger partial charge is 0.244 e. The zero-order valence-corrected chi connectivity index (χ0v) is 17.4. The van der Waals surface area contributed by atoms with E-state index in [4.69, 9.17) is 4.98 Å². The third-order valence-corrected chi connectivity index (χ3v) is 6.94. The zero-order valence-electron chi connectivity index (χ0n) is 16.5. The van der Waals surface area contributed by atoms with Gasteiger partial charge >= 0.3 is 0 Å². The van der Waals surface area contributed by atoms with E-state index >= 15 is 0 Å². The number of aromatic nitrogens is 1. The quantitative estimate of drug-likeness (QED) is 0.617. The number of likely N-dealkylation sites (tertiary alicyclic amines) is 1. The van der Waals surface area contributed by atoms with Crippen LogP contribution in [0.2, 0.25) is 0 Å².